The van der Waals surface area contributed by atoms with Crippen LogP contribution >= 0.6 is 0 Å². The van der Waals surface area contributed by atoms with Crippen molar-refractivity contribution in [2.45, 2.75) is 37.8 Å². The molecule has 3 nitrogen and oxygen atoms in total. The molecule has 3 rings (SSSR count). The van der Waals surface area contributed by atoms with E-state index in [0.717, 1.165) is 31.7 Å². The highest BCUT2D eigenvalue weighted by molar-refractivity contribution is 5.80. The quantitative estimate of drug-likeness (QED) is 0.848. The fourth-order valence-corrected chi connectivity index (χ4v) is 3.17. The highest BCUT2D eigenvalue weighted by Crippen LogP contribution is 2.35. The Kier molecular flexibility index (Phi) is 3.31. The minimum Gasteiger partial charge on any atom is -0.370 e. The van der Waals surface area contributed by atoms with Gasteiger partial charge in [-0.2, -0.15) is 0 Å². The van der Waals surface area contributed by atoms with E-state index in [1.54, 1.807) is 0 Å². The van der Waals surface area contributed by atoms with E-state index in [-0.39, 0.29) is 18.2 Å². The standard InChI is InChI=1S/C14H16F3N3/c15-10-6-12(17)11(16)5-9(10)13-7-19-14(18)20(13)8-3-1-2-4-8/h5-6,8,13H,1-4,7H2,(H2,18,19). The van der Waals surface area contributed by atoms with Crippen molar-refractivity contribution in [1.82, 2.24) is 4.90 Å². The van der Waals surface area contributed by atoms with Gasteiger partial charge in [-0.1, -0.05) is 12.8 Å². The van der Waals surface area contributed by atoms with Crippen LogP contribution in [0.3, 0.4) is 0 Å². The van der Waals surface area contributed by atoms with Gasteiger partial charge in [-0.15, -0.1) is 0 Å². The summed E-state index contributed by atoms with van der Waals surface area (Å²) < 4.78 is 40.4. The van der Waals surface area contributed by atoms with E-state index in [1.165, 1.54) is 0 Å². The summed E-state index contributed by atoms with van der Waals surface area (Å²) in [5.74, 6) is -2.60. The van der Waals surface area contributed by atoms with Gasteiger partial charge in [-0.25, -0.2) is 13.2 Å². The zero-order chi connectivity index (χ0) is 14.3. The Hall–Kier alpha value is -1.72. The number of guanidine groups is 1. The van der Waals surface area contributed by atoms with E-state index in [9.17, 15) is 13.2 Å². The zero-order valence-electron chi connectivity index (χ0n) is 11.0. The van der Waals surface area contributed by atoms with Gasteiger partial charge in [0, 0.05) is 17.7 Å². The molecule has 2 aliphatic rings. The van der Waals surface area contributed by atoms with Gasteiger partial charge in [0.2, 0.25) is 0 Å². The summed E-state index contributed by atoms with van der Waals surface area (Å²) >= 11 is 0. The molecule has 0 spiro atoms. The normalized spacial score (nSPS) is 23.4. The molecule has 1 saturated carbocycles. The summed E-state index contributed by atoms with van der Waals surface area (Å²) in [6, 6.07) is 1.28. The van der Waals surface area contributed by atoms with Crippen LogP contribution in [0.4, 0.5) is 13.2 Å². The van der Waals surface area contributed by atoms with Gasteiger partial charge in [0.15, 0.2) is 17.6 Å². The molecule has 108 valence electrons. The molecule has 0 aromatic heterocycles. The van der Waals surface area contributed by atoms with E-state index in [2.05, 4.69) is 4.99 Å². The van der Waals surface area contributed by atoms with Crippen LogP contribution < -0.4 is 5.73 Å². The number of hydrogen-bond donors (Lipinski definition) is 1. The van der Waals surface area contributed by atoms with Crippen molar-refractivity contribution in [3.8, 4) is 0 Å². The summed E-state index contributed by atoms with van der Waals surface area (Å²) in [4.78, 5) is 6.01. The van der Waals surface area contributed by atoms with E-state index in [0.29, 0.717) is 12.0 Å². The molecular weight excluding hydrogens is 267 g/mol. The van der Waals surface area contributed by atoms with Gasteiger partial charge >= 0.3 is 0 Å². The van der Waals surface area contributed by atoms with E-state index in [1.807, 2.05) is 4.90 Å². The van der Waals surface area contributed by atoms with Crippen LogP contribution in [0.15, 0.2) is 17.1 Å². The topological polar surface area (TPSA) is 41.6 Å². The Labute approximate surface area is 115 Å². The van der Waals surface area contributed by atoms with E-state index >= 15 is 0 Å². The molecule has 1 heterocycles. The number of aliphatic imine (C=N–C) groups is 1. The monoisotopic (exact) mass is 283 g/mol. The first-order valence-electron chi connectivity index (χ1n) is 6.80. The summed E-state index contributed by atoms with van der Waals surface area (Å²) in [5.41, 5.74) is 6.02. The van der Waals surface area contributed by atoms with Crippen LogP contribution in [-0.4, -0.2) is 23.4 Å². The minimum absolute atomic E-state index is 0.125. The second-order valence-corrected chi connectivity index (χ2v) is 5.35. The second kappa shape index (κ2) is 5.00. The van der Waals surface area contributed by atoms with Crippen molar-refractivity contribution in [2.24, 2.45) is 10.7 Å². The fraction of sp³-hybridized carbons (Fsp3) is 0.500. The zero-order valence-corrected chi connectivity index (χ0v) is 11.0. The predicted molar refractivity (Wildman–Crippen MR) is 69.6 cm³/mol. The Bertz CT molecular complexity index is 553. The van der Waals surface area contributed by atoms with Gasteiger partial charge in [-0.3, -0.25) is 4.99 Å². The highest BCUT2D eigenvalue weighted by Gasteiger charge is 2.36. The fourth-order valence-electron chi connectivity index (χ4n) is 3.17. The van der Waals surface area contributed by atoms with Gasteiger partial charge in [0.05, 0.1) is 12.6 Å². The third-order valence-corrected chi connectivity index (χ3v) is 4.14. The molecule has 1 aromatic rings. The van der Waals surface area contributed by atoms with Gasteiger partial charge in [0.25, 0.3) is 0 Å². The first-order chi connectivity index (χ1) is 9.58. The molecule has 1 aliphatic heterocycles. The van der Waals surface area contributed by atoms with Crippen molar-refractivity contribution in [3.63, 3.8) is 0 Å². The lowest BCUT2D eigenvalue weighted by Gasteiger charge is -2.32. The third-order valence-electron chi connectivity index (χ3n) is 4.14. The molecule has 2 N–H and O–H groups in total. The number of hydrogen-bond acceptors (Lipinski definition) is 3. The largest absolute Gasteiger partial charge is 0.370 e. The SMILES string of the molecule is NC1=NCC(c2cc(F)c(F)cc2F)N1C1CCCC1. The molecule has 0 amide bonds. The number of rotatable bonds is 2. The third kappa shape index (κ3) is 2.13. The maximum Gasteiger partial charge on any atom is 0.192 e. The predicted octanol–water partition coefficient (Wildman–Crippen LogP) is 2.72. The van der Waals surface area contributed by atoms with E-state index < -0.39 is 23.5 Å². The molecule has 1 atom stereocenters. The number of halogens is 3. The number of nitrogens with zero attached hydrogens (tertiary/aromatic N) is 2. The number of nitrogens with two attached hydrogens (primary N) is 1. The average Bonchev–Trinajstić information content (AvgIpc) is 3.03. The minimum atomic E-state index is -1.18. The summed E-state index contributed by atoms with van der Waals surface area (Å²) in [6.45, 7) is 0.282. The lowest BCUT2D eigenvalue weighted by atomic mass is 10.0. The Morgan fingerprint density at radius 1 is 1.05 bits per heavy atom. The van der Waals surface area contributed by atoms with Crippen molar-refractivity contribution in [1.29, 1.82) is 0 Å². The van der Waals surface area contributed by atoms with E-state index in [4.69, 9.17) is 5.73 Å². The van der Waals surface area contributed by atoms with Gasteiger partial charge in [-0.05, 0) is 18.9 Å². The van der Waals surface area contributed by atoms with Crippen LogP contribution in [0.1, 0.15) is 37.3 Å². The van der Waals surface area contributed by atoms with Gasteiger partial charge < -0.3 is 10.6 Å². The van der Waals surface area contributed by atoms with Crippen LogP contribution in [0.5, 0.6) is 0 Å². The lowest BCUT2D eigenvalue weighted by Crippen LogP contribution is -2.42. The van der Waals surface area contributed by atoms with Crippen molar-refractivity contribution >= 4 is 5.96 Å². The summed E-state index contributed by atoms with van der Waals surface area (Å²) in [5, 5.41) is 0. The molecule has 20 heavy (non-hydrogen) atoms. The molecular formula is C14H16F3N3. The maximum atomic E-state index is 13.9. The van der Waals surface area contributed by atoms with Crippen molar-refractivity contribution < 1.29 is 13.2 Å². The summed E-state index contributed by atoms with van der Waals surface area (Å²) in [6.07, 6.45) is 4.14. The first-order valence-corrected chi connectivity index (χ1v) is 6.80. The summed E-state index contributed by atoms with van der Waals surface area (Å²) in [7, 11) is 0. The maximum absolute atomic E-state index is 13.9. The Morgan fingerprint density at radius 2 is 1.70 bits per heavy atom. The molecule has 1 aliphatic carbocycles. The molecule has 1 fully saturated rings. The van der Waals surface area contributed by atoms with Gasteiger partial charge in [0.1, 0.15) is 5.82 Å². The molecule has 1 unspecified atom stereocenters. The highest BCUT2D eigenvalue weighted by atomic mass is 19.2. The molecule has 6 heteroatoms. The smallest absolute Gasteiger partial charge is 0.192 e. The Balaban J connectivity index is 1.95. The first kappa shape index (κ1) is 13.3. The molecule has 0 bridgehead atoms. The average molecular weight is 283 g/mol. The van der Waals surface area contributed by atoms with Crippen molar-refractivity contribution in [2.75, 3.05) is 6.54 Å². The van der Waals surface area contributed by atoms with Crippen LogP contribution in [0, 0.1) is 17.5 Å². The Morgan fingerprint density at radius 3 is 2.40 bits per heavy atom. The lowest BCUT2D eigenvalue weighted by molar-refractivity contribution is 0.256. The van der Waals surface area contributed by atoms with Crippen molar-refractivity contribution in [3.05, 3.63) is 35.1 Å². The molecule has 0 radical (unpaired) electrons. The van der Waals surface area contributed by atoms with Crippen LogP contribution in [-0.2, 0) is 0 Å². The number of benzene rings is 1. The second-order valence-electron chi connectivity index (χ2n) is 5.35. The van der Waals surface area contributed by atoms with Crippen LogP contribution in [0.25, 0.3) is 0 Å². The molecule has 0 saturated heterocycles. The molecule has 1 aromatic carbocycles. The van der Waals surface area contributed by atoms with Crippen LogP contribution in [0.2, 0.25) is 0 Å².